The lowest BCUT2D eigenvalue weighted by atomic mass is 10.3. The van der Waals surface area contributed by atoms with Gasteiger partial charge < -0.3 is 4.74 Å². The molecular weight excluding hydrogens is 226 g/mol. The van der Waals surface area contributed by atoms with Crippen LogP contribution in [0.2, 0.25) is 0 Å². The Morgan fingerprint density at radius 3 is 2.47 bits per heavy atom. The smallest absolute Gasteiger partial charge is 0.387 e. The summed E-state index contributed by atoms with van der Waals surface area (Å²) in [6.07, 6.45) is 0. The Morgan fingerprint density at radius 2 is 1.93 bits per heavy atom. The molecule has 84 valence electrons. The van der Waals surface area contributed by atoms with E-state index >= 15 is 0 Å². The molecule has 0 heterocycles. The van der Waals surface area contributed by atoms with Crippen LogP contribution in [0, 0.1) is 0 Å². The fourth-order valence-electron chi connectivity index (χ4n) is 1.06. The maximum atomic E-state index is 12.0. The molecule has 1 aromatic carbocycles. The SMILES string of the molecule is CCS(=O)(=O)c1ccccc1OC(F)F. The van der Waals surface area contributed by atoms with Gasteiger partial charge in [-0.2, -0.15) is 8.78 Å². The van der Waals surface area contributed by atoms with E-state index in [1.165, 1.54) is 31.2 Å². The van der Waals surface area contributed by atoms with E-state index < -0.39 is 16.4 Å². The Balaban J connectivity index is 3.18. The van der Waals surface area contributed by atoms with Crippen LogP contribution in [0.5, 0.6) is 5.75 Å². The highest BCUT2D eigenvalue weighted by Gasteiger charge is 2.18. The van der Waals surface area contributed by atoms with Gasteiger partial charge in [-0.15, -0.1) is 0 Å². The summed E-state index contributed by atoms with van der Waals surface area (Å²) in [6, 6.07) is 5.35. The summed E-state index contributed by atoms with van der Waals surface area (Å²) in [5.74, 6) is -0.467. The van der Waals surface area contributed by atoms with E-state index in [1.54, 1.807) is 0 Å². The number of benzene rings is 1. The van der Waals surface area contributed by atoms with Gasteiger partial charge in [0.1, 0.15) is 10.6 Å². The highest BCUT2D eigenvalue weighted by Crippen LogP contribution is 2.25. The largest absolute Gasteiger partial charge is 0.433 e. The zero-order valence-corrected chi connectivity index (χ0v) is 8.80. The van der Waals surface area contributed by atoms with Crippen molar-refractivity contribution in [3.05, 3.63) is 24.3 Å². The van der Waals surface area contributed by atoms with Crippen molar-refractivity contribution in [2.24, 2.45) is 0 Å². The van der Waals surface area contributed by atoms with Gasteiger partial charge in [0, 0.05) is 0 Å². The summed E-state index contributed by atoms with van der Waals surface area (Å²) in [5, 5.41) is 0. The molecule has 1 aromatic rings. The molecule has 0 aliphatic rings. The predicted octanol–water partition coefficient (Wildman–Crippen LogP) is 2.08. The topological polar surface area (TPSA) is 43.4 Å². The molecule has 6 heteroatoms. The van der Waals surface area contributed by atoms with E-state index in [2.05, 4.69) is 4.74 Å². The monoisotopic (exact) mass is 236 g/mol. The molecule has 0 aromatic heterocycles. The van der Waals surface area contributed by atoms with Gasteiger partial charge in [0.25, 0.3) is 0 Å². The number of hydrogen-bond acceptors (Lipinski definition) is 3. The van der Waals surface area contributed by atoms with Crippen molar-refractivity contribution in [1.82, 2.24) is 0 Å². The zero-order valence-electron chi connectivity index (χ0n) is 7.98. The molecule has 0 radical (unpaired) electrons. The van der Waals surface area contributed by atoms with E-state index in [9.17, 15) is 17.2 Å². The van der Waals surface area contributed by atoms with Crippen LogP contribution in [0.3, 0.4) is 0 Å². The molecule has 0 fully saturated rings. The number of rotatable bonds is 4. The summed E-state index contributed by atoms with van der Waals surface area (Å²) in [5.41, 5.74) is 0. The number of halogens is 2. The molecule has 3 nitrogen and oxygen atoms in total. The van der Waals surface area contributed by atoms with Gasteiger partial charge in [-0.05, 0) is 12.1 Å². The first-order valence-electron chi connectivity index (χ1n) is 4.24. The van der Waals surface area contributed by atoms with Crippen LogP contribution in [-0.2, 0) is 9.84 Å². The Labute approximate surface area is 86.6 Å². The second-order valence-electron chi connectivity index (χ2n) is 2.73. The standard InChI is InChI=1S/C9H10F2O3S/c1-2-15(12,13)8-6-4-3-5-7(8)14-9(10)11/h3-6,9H,2H2,1H3. The second kappa shape index (κ2) is 4.57. The zero-order chi connectivity index (χ0) is 11.5. The van der Waals surface area contributed by atoms with Gasteiger partial charge in [-0.3, -0.25) is 0 Å². The van der Waals surface area contributed by atoms with E-state index in [4.69, 9.17) is 0 Å². The minimum atomic E-state index is -3.53. The van der Waals surface area contributed by atoms with E-state index in [0.717, 1.165) is 0 Å². The third-order valence-corrected chi connectivity index (χ3v) is 3.55. The van der Waals surface area contributed by atoms with E-state index in [0.29, 0.717) is 0 Å². The van der Waals surface area contributed by atoms with Gasteiger partial charge in [-0.1, -0.05) is 19.1 Å². The van der Waals surface area contributed by atoms with Gasteiger partial charge in [-0.25, -0.2) is 8.42 Å². The minimum Gasteiger partial charge on any atom is -0.433 e. The maximum absolute atomic E-state index is 12.0. The Bertz CT molecular complexity index is 429. The normalized spacial score (nSPS) is 11.7. The number of alkyl halides is 2. The third kappa shape index (κ3) is 2.89. The molecule has 0 bridgehead atoms. The lowest BCUT2D eigenvalue weighted by molar-refractivity contribution is -0.0517. The van der Waals surface area contributed by atoms with Crippen LogP contribution in [0.1, 0.15) is 6.92 Å². The van der Waals surface area contributed by atoms with E-state index in [-0.39, 0.29) is 16.4 Å². The van der Waals surface area contributed by atoms with Crippen LogP contribution < -0.4 is 4.74 Å². The minimum absolute atomic E-state index is 0.156. The molecule has 0 spiro atoms. The summed E-state index contributed by atoms with van der Waals surface area (Å²) in [7, 11) is -3.53. The van der Waals surface area contributed by atoms with Crippen LogP contribution in [0.4, 0.5) is 8.78 Å². The molecule has 0 amide bonds. The lowest BCUT2D eigenvalue weighted by Gasteiger charge is -2.09. The van der Waals surface area contributed by atoms with Crippen molar-refractivity contribution in [3.8, 4) is 5.75 Å². The van der Waals surface area contributed by atoms with Crippen molar-refractivity contribution in [2.75, 3.05) is 5.75 Å². The quantitative estimate of drug-likeness (QED) is 0.803. The molecule has 0 saturated heterocycles. The number of para-hydroxylation sites is 1. The average molecular weight is 236 g/mol. The van der Waals surface area contributed by atoms with Gasteiger partial charge in [0.05, 0.1) is 5.75 Å². The second-order valence-corrected chi connectivity index (χ2v) is 4.98. The molecule has 0 aliphatic heterocycles. The summed E-state index contributed by atoms with van der Waals surface area (Å²) >= 11 is 0. The molecule has 0 unspecified atom stereocenters. The number of hydrogen-bond donors (Lipinski definition) is 0. The molecule has 15 heavy (non-hydrogen) atoms. The predicted molar refractivity (Wildman–Crippen MR) is 50.8 cm³/mol. The van der Waals surface area contributed by atoms with Crippen molar-refractivity contribution in [1.29, 1.82) is 0 Å². The maximum Gasteiger partial charge on any atom is 0.387 e. The van der Waals surface area contributed by atoms with Gasteiger partial charge in [0.2, 0.25) is 0 Å². The first-order chi connectivity index (χ1) is 6.97. The Morgan fingerprint density at radius 1 is 1.33 bits per heavy atom. The lowest BCUT2D eigenvalue weighted by Crippen LogP contribution is -2.09. The Hall–Kier alpha value is -1.17. The third-order valence-electron chi connectivity index (χ3n) is 1.78. The first kappa shape index (κ1) is 11.9. The fraction of sp³-hybridized carbons (Fsp3) is 0.333. The number of sulfone groups is 1. The fourth-order valence-corrected chi connectivity index (χ4v) is 2.08. The van der Waals surface area contributed by atoms with Crippen LogP contribution >= 0.6 is 0 Å². The van der Waals surface area contributed by atoms with Crippen LogP contribution in [-0.4, -0.2) is 20.8 Å². The van der Waals surface area contributed by atoms with Gasteiger partial charge in [0.15, 0.2) is 9.84 Å². The Kier molecular flexibility index (Phi) is 3.62. The highest BCUT2D eigenvalue weighted by atomic mass is 32.2. The molecule has 0 aliphatic carbocycles. The summed E-state index contributed by atoms with van der Waals surface area (Å²) < 4.78 is 51.0. The van der Waals surface area contributed by atoms with Crippen molar-refractivity contribution < 1.29 is 21.9 Å². The van der Waals surface area contributed by atoms with Crippen molar-refractivity contribution in [3.63, 3.8) is 0 Å². The van der Waals surface area contributed by atoms with Crippen molar-refractivity contribution >= 4 is 9.84 Å². The van der Waals surface area contributed by atoms with Crippen LogP contribution in [0.15, 0.2) is 29.2 Å². The highest BCUT2D eigenvalue weighted by molar-refractivity contribution is 7.91. The van der Waals surface area contributed by atoms with Gasteiger partial charge >= 0.3 is 6.61 Å². The van der Waals surface area contributed by atoms with E-state index in [1.807, 2.05) is 0 Å². The molecule has 1 rings (SSSR count). The number of ether oxygens (including phenoxy) is 1. The average Bonchev–Trinajstić information content (AvgIpc) is 2.17. The summed E-state index contributed by atoms with van der Waals surface area (Å²) in [6.45, 7) is -1.59. The summed E-state index contributed by atoms with van der Waals surface area (Å²) in [4.78, 5) is -0.201. The van der Waals surface area contributed by atoms with Crippen LogP contribution in [0.25, 0.3) is 0 Å². The molecule has 0 saturated carbocycles. The molecule has 0 atom stereocenters. The first-order valence-corrected chi connectivity index (χ1v) is 5.89. The molecular formula is C9H10F2O3S. The molecule has 0 N–H and O–H groups in total. The van der Waals surface area contributed by atoms with Crippen molar-refractivity contribution in [2.45, 2.75) is 18.4 Å².